The van der Waals surface area contributed by atoms with Gasteiger partial charge in [-0.15, -0.1) is 0 Å². The Kier molecular flexibility index (Phi) is 5.64. The normalized spacial score (nSPS) is 12.2. The van der Waals surface area contributed by atoms with Crippen LogP contribution >= 0.6 is 15.9 Å². The third kappa shape index (κ3) is 4.33. The number of aromatic amines is 1. The molecular formula is C21H19BrN4O2S. The number of halogens is 1. The van der Waals surface area contributed by atoms with Crippen LogP contribution in [-0.2, 0) is 23.2 Å². The molecule has 6 nitrogen and oxygen atoms in total. The van der Waals surface area contributed by atoms with Gasteiger partial charge in [-0.25, -0.2) is 4.98 Å². The molecule has 0 aliphatic carbocycles. The fraction of sp³-hybridized carbons (Fsp3) is 0.143. The highest BCUT2D eigenvalue weighted by Gasteiger charge is 2.15. The molecule has 0 saturated carbocycles. The Hall–Kier alpha value is -2.71. The average Bonchev–Trinajstić information content (AvgIpc) is 3.12. The Bertz CT molecular complexity index is 1160. The van der Waals surface area contributed by atoms with Gasteiger partial charge < -0.3 is 15.5 Å². The summed E-state index contributed by atoms with van der Waals surface area (Å²) >= 11 is 3.39. The Balaban J connectivity index is 1.52. The summed E-state index contributed by atoms with van der Waals surface area (Å²) in [7, 11) is -1.38. The van der Waals surface area contributed by atoms with Gasteiger partial charge in [-0.05, 0) is 46.6 Å². The van der Waals surface area contributed by atoms with E-state index < -0.39 is 10.8 Å². The van der Waals surface area contributed by atoms with Crippen LogP contribution in [0, 0.1) is 6.92 Å². The molecule has 2 heterocycles. The molecule has 3 N–H and O–H groups in total. The van der Waals surface area contributed by atoms with Crippen LogP contribution in [0.3, 0.4) is 0 Å². The number of H-pyrrole nitrogens is 1. The molecule has 0 saturated heterocycles. The summed E-state index contributed by atoms with van der Waals surface area (Å²) in [6.07, 6.45) is 1.68. The molecule has 0 bridgehead atoms. The first-order valence-electron chi connectivity index (χ1n) is 8.95. The van der Waals surface area contributed by atoms with Gasteiger partial charge in [0.1, 0.15) is 12.4 Å². The maximum absolute atomic E-state index is 12.9. The zero-order chi connectivity index (χ0) is 20.4. The first-order chi connectivity index (χ1) is 14.0. The number of imidazole rings is 1. The second kappa shape index (κ2) is 8.34. The number of nitrogens with one attached hydrogen (secondary N) is 1. The second-order valence-electron chi connectivity index (χ2n) is 6.58. The van der Waals surface area contributed by atoms with Crippen molar-refractivity contribution in [2.45, 2.75) is 24.4 Å². The number of anilines is 1. The van der Waals surface area contributed by atoms with E-state index in [2.05, 4.69) is 30.9 Å². The van der Waals surface area contributed by atoms with Gasteiger partial charge in [0.15, 0.2) is 5.16 Å². The lowest BCUT2D eigenvalue weighted by Gasteiger charge is -2.11. The number of aromatic nitrogens is 3. The monoisotopic (exact) mass is 470 g/mol. The van der Waals surface area contributed by atoms with Gasteiger partial charge in [0, 0.05) is 21.9 Å². The first-order valence-corrected chi connectivity index (χ1v) is 11.1. The SMILES string of the molecule is Cc1c(OCc2ccccc2)ccnc1CS(=O)c1nc2cc(N)c(Br)cc2[nH]1. The Morgan fingerprint density at radius 1 is 1.21 bits per heavy atom. The number of hydrogen-bond acceptors (Lipinski definition) is 5. The minimum Gasteiger partial charge on any atom is -0.489 e. The molecule has 0 fully saturated rings. The van der Waals surface area contributed by atoms with E-state index in [1.165, 1.54) is 0 Å². The van der Waals surface area contributed by atoms with E-state index >= 15 is 0 Å². The molecule has 2 aromatic carbocycles. The van der Waals surface area contributed by atoms with Gasteiger partial charge in [-0.1, -0.05) is 30.3 Å². The Morgan fingerprint density at radius 2 is 2.00 bits per heavy atom. The zero-order valence-electron chi connectivity index (χ0n) is 15.7. The summed E-state index contributed by atoms with van der Waals surface area (Å²) in [6.45, 7) is 2.39. The minimum absolute atomic E-state index is 0.241. The molecule has 0 amide bonds. The summed E-state index contributed by atoms with van der Waals surface area (Å²) < 4.78 is 19.6. The number of fused-ring (bicyclic) bond motifs is 1. The standard InChI is InChI=1S/C21H19BrN4O2S/c1-13-19(24-8-7-20(13)28-11-14-5-3-2-4-6-14)12-29(27)21-25-17-9-15(22)16(23)10-18(17)26-21/h2-10H,11-12,23H2,1H3,(H,25,26). The summed E-state index contributed by atoms with van der Waals surface area (Å²) in [5, 5.41) is 0.398. The lowest BCUT2D eigenvalue weighted by molar-refractivity contribution is 0.303. The lowest BCUT2D eigenvalue weighted by Crippen LogP contribution is -2.05. The third-order valence-electron chi connectivity index (χ3n) is 4.56. The number of hydrogen-bond donors (Lipinski definition) is 2. The van der Waals surface area contributed by atoms with Crippen molar-refractivity contribution in [3.63, 3.8) is 0 Å². The van der Waals surface area contributed by atoms with Crippen molar-refractivity contribution in [2.24, 2.45) is 0 Å². The maximum atomic E-state index is 12.9. The molecule has 0 aliphatic heterocycles. The quantitative estimate of drug-likeness (QED) is 0.404. The van der Waals surface area contributed by atoms with Gasteiger partial charge in [0.25, 0.3) is 0 Å². The fourth-order valence-corrected chi connectivity index (χ4v) is 4.36. The van der Waals surface area contributed by atoms with E-state index in [4.69, 9.17) is 10.5 Å². The van der Waals surface area contributed by atoms with Crippen LogP contribution in [0.5, 0.6) is 5.75 Å². The molecule has 0 aliphatic rings. The number of nitrogens with two attached hydrogens (primary N) is 1. The number of pyridine rings is 1. The van der Waals surface area contributed by atoms with Crippen LogP contribution in [0.4, 0.5) is 5.69 Å². The van der Waals surface area contributed by atoms with Crippen molar-refractivity contribution in [3.05, 3.63) is 76.0 Å². The average molecular weight is 471 g/mol. The van der Waals surface area contributed by atoms with E-state index in [0.717, 1.165) is 32.6 Å². The van der Waals surface area contributed by atoms with Crippen molar-refractivity contribution < 1.29 is 8.95 Å². The molecule has 0 spiro atoms. The van der Waals surface area contributed by atoms with Crippen LogP contribution in [0.2, 0.25) is 0 Å². The molecule has 29 heavy (non-hydrogen) atoms. The maximum Gasteiger partial charge on any atom is 0.197 e. The van der Waals surface area contributed by atoms with Crippen LogP contribution in [0.25, 0.3) is 11.0 Å². The smallest absolute Gasteiger partial charge is 0.197 e. The number of nitrogens with zero attached hydrogens (tertiary/aromatic N) is 2. The Morgan fingerprint density at radius 3 is 2.79 bits per heavy atom. The predicted octanol–water partition coefficient (Wildman–Crippen LogP) is 4.50. The number of rotatable bonds is 6. The highest BCUT2D eigenvalue weighted by molar-refractivity contribution is 9.10. The van der Waals surface area contributed by atoms with Gasteiger partial charge in [-0.3, -0.25) is 9.19 Å². The molecule has 1 unspecified atom stereocenters. The van der Waals surface area contributed by atoms with Crippen molar-refractivity contribution in [1.29, 1.82) is 0 Å². The van der Waals surface area contributed by atoms with Crippen LogP contribution in [0.15, 0.2) is 64.4 Å². The minimum atomic E-state index is -1.38. The lowest BCUT2D eigenvalue weighted by atomic mass is 10.2. The summed E-state index contributed by atoms with van der Waals surface area (Å²) in [6, 6.07) is 15.4. The van der Waals surface area contributed by atoms with Crippen LogP contribution in [0.1, 0.15) is 16.8 Å². The van der Waals surface area contributed by atoms with E-state index in [-0.39, 0.29) is 5.75 Å². The largest absolute Gasteiger partial charge is 0.489 e. The van der Waals surface area contributed by atoms with E-state index in [1.807, 2.05) is 49.4 Å². The fourth-order valence-electron chi connectivity index (χ4n) is 2.92. The highest BCUT2D eigenvalue weighted by Crippen LogP contribution is 2.27. The van der Waals surface area contributed by atoms with E-state index in [0.29, 0.717) is 23.0 Å². The highest BCUT2D eigenvalue weighted by atomic mass is 79.9. The van der Waals surface area contributed by atoms with Gasteiger partial charge in [0.05, 0.1) is 33.3 Å². The Labute approximate surface area is 179 Å². The van der Waals surface area contributed by atoms with Crippen molar-refractivity contribution in [2.75, 3.05) is 5.73 Å². The summed E-state index contributed by atoms with van der Waals surface area (Å²) in [5.74, 6) is 0.974. The van der Waals surface area contributed by atoms with Gasteiger partial charge >= 0.3 is 0 Å². The second-order valence-corrected chi connectivity index (χ2v) is 8.80. The molecular weight excluding hydrogens is 452 g/mol. The predicted molar refractivity (Wildman–Crippen MR) is 118 cm³/mol. The van der Waals surface area contributed by atoms with Crippen LogP contribution < -0.4 is 10.5 Å². The topological polar surface area (TPSA) is 93.9 Å². The number of ether oxygens (including phenoxy) is 1. The molecule has 4 rings (SSSR count). The van der Waals surface area contributed by atoms with E-state index in [9.17, 15) is 4.21 Å². The summed E-state index contributed by atoms with van der Waals surface area (Å²) in [5.41, 5.74) is 10.6. The van der Waals surface area contributed by atoms with E-state index in [1.54, 1.807) is 12.3 Å². The molecule has 4 aromatic rings. The molecule has 2 aromatic heterocycles. The van der Waals surface area contributed by atoms with Crippen LogP contribution in [-0.4, -0.2) is 19.2 Å². The zero-order valence-corrected chi connectivity index (χ0v) is 18.1. The number of benzene rings is 2. The molecule has 148 valence electrons. The summed E-state index contributed by atoms with van der Waals surface area (Å²) in [4.78, 5) is 11.9. The number of nitrogen functional groups attached to an aromatic ring is 1. The first kappa shape index (κ1) is 19.6. The molecule has 1 atom stereocenters. The van der Waals surface area contributed by atoms with Crippen molar-refractivity contribution in [1.82, 2.24) is 15.0 Å². The molecule has 0 radical (unpaired) electrons. The van der Waals surface area contributed by atoms with Crippen molar-refractivity contribution in [3.8, 4) is 5.75 Å². The van der Waals surface area contributed by atoms with Crippen molar-refractivity contribution >= 4 is 43.5 Å². The molecule has 8 heteroatoms. The van der Waals surface area contributed by atoms with Gasteiger partial charge in [-0.2, -0.15) is 0 Å². The van der Waals surface area contributed by atoms with Gasteiger partial charge in [0.2, 0.25) is 0 Å². The third-order valence-corrected chi connectivity index (χ3v) is 6.41.